The minimum Gasteiger partial charge on any atom is -0.310 e. The lowest BCUT2D eigenvalue weighted by Gasteiger charge is -2.00. The van der Waals surface area contributed by atoms with Crippen molar-refractivity contribution >= 4 is 6.72 Å². The Hall–Kier alpha value is -0.630. The summed E-state index contributed by atoms with van der Waals surface area (Å²) in [5.74, 6) is 0. The Morgan fingerprint density at radius 1 is 1.50 bits per heavy atom. The molecule has 0 spiro atoms. The maximum absolute atomic E-state index is 3.42. The number of nitrogens with zero attached hydrogens (tertiary/aromatic N) is 2. The highest BCUT2D eigenvalue weighted by Gasteiger charge is 1.72. The zero-order valence-electron chi connectivity index (χ0n) is 7.46. The summed E-state index contributed by atoms with van der Waals surface area (Å²) in [5, 5.41) is 0. The third-order valence-corrected chi connectivity index (χ3v) is 0.887. The van der Waals surface area contributed by atoms with Gasteiger partial charge in [0.25, 0.3) is 0 Å². The summed E-state index contributed by atoms with van der Waals surface area (Å²) in [4.78, 5) is 5.55. The molecule has 0 rings (SSSR count). The van der Waals surface area contributed by atoms with Gasteiger partial charge in [-0.3, -0.25) is 4.99 Å². The van der Waals surface area contributed by atoms with Crippen LogP contribution >= 0.6 is 0 Å². The Balaban J connectivity index is 0. The van der Waals surface area contributed by atoms with Crippen LogP contribution in [0.4, 0.5) is 0 Å². The molecule has 0 radical (unpaired) electrons. The molecule has 60 valence electrons. The molecule has 0 unspecified atom stereocenters. The molecular formula is C8H18N2. The topological polar surface area (TPSA) is 15.6 Å². The monoisotopic (exact) mass is 142 g/mol. The highest BCUT2D eigenvalue weighted by molar-refractivity contribution is 5.25. The second-order valence-corrected chi connectivity index (χ2v) is 2.06. The molecule has 10 heavy (non-hydrogen) atoms. The van der Waals surface area contributed by atoms with Gasteiger partial charge < -0.3 is 4.90 Å². The molecule has 0 aromatic heterocycles. The Morgan fingerprint density at radius 3 is 1.90 bits per heavy atom. The summed E-state index contributed by atoms with van der Waals surface area (Å²) in [6, 6.07) is 0. The standard InChI is InChI=1S/C4H11N.C4H7N/c1-4-5(2)3;1-3-4-5-2/h4H2,1-3H3;3-4H,2H2,1H3/b;4-3-. The third kappa shape index (κ3) is 26.3. The van der Waals surface area contributed by atoms with Crippen molar-refractivity contribution in [1.29, 1.82) is 0 Å². The van der Waals surface area contributed by atoms with Crippen LogP contribution in [-0.4, -0.2) is 32.3 Å². The lowest BCUT2D eigenvalue weighted by molar-refractivity contribution is 0.434. The number of allylic oxidation sites excluding steroid dienone is 1. The van der Waals surface area contributed by atoms with Crippen LogP contribution in [0, 0.1) is 0 Å². The lowest BCUT2D eigenvalue weighted by Crippen LogP contribution is -2.08. The van der Waals surface area contributed by atoms with Crippen molar-refractivity contribution in [2.24, 2.45) is 4.99 Å². The molecule has 0 fully saturated rings. The first-order valence-corrected chi connectivity index (χ1v) is 3.40. The van der Waals surface area contributed by atoms with Gasteiger partial charge in [-0.2, -0.15) is 0 Å². The maximum atomic E-state index is 3.42. The van der Waals surface area contributed by atoms with Crippen molar-refractivity contribution in [3.63, 3.8) is 0 Å². The summed E-state index contributed by atoms with van der Waals surface area (Å²) in [6.45, 7) is 8.38. The van der Waals surface area contributed by atoms with Crippen molar-refractivity contribution < 1.29 is 0 Å². The van der Waals surface area contributed by atoms with Crippen LogP contribution in [0.25, 0.3) is 0 Å². The average molecular weight is 142 g/mol. The first-order chi connectivity index (χ1) is 4.68. The highest BCUT2D eigenvalue weighted by atomic mass is 15.0. The van der Waals surface area contributed by atoms with E-state index in [1.165, 1.54) is 0 Å². The van der Waals surface area contributed by atoms with Crippen LogP contribution in [0.3, 0.4) is 0 Å². The van der Waals surface area contributed by atoms with Gasteiger partial charge in [0.1, 0.15) is 0 Å². The number of aliphatic imine (C=N–C) groups is 1. The minimum absolute atomic E-state index is 1.14. The van der Waals surface area contributed by atoms with Gasteiger partial charge in [0.2, 0.25) is 0 Å². The first kappa shape index (κ1) is 12.1. The molecule has 0 aliphatic carbocycles. The summed E-state index contributed by atoms with van der Waals surface area (Å²) in [7, 11) is 4.11. The first-order valence-electron chi connectivity index (χ1n) is 3.40. The van der Waals surface area contributed by atoms with Crippen molar-refractivity contribution in [3.05, 3.63) is 12.3 Å². The van der Waals surface area contributed by atoms with Crippen molar-refractivity contribution in [3.8, 4) is 0 Å². The Morgan fingerprint density at radius 2 is 1.90 bits per heavy atom. The van der Waals surface area contributed by atoms with E-state index in [9.17, 15) is 0 Å². The van der Waals surface area contributed by atoms with Crippen LogP contribution in [0.1, 0.15) is 13.8 Å². The summed E-state index contributed by atoms with van der Waals surface area (Å²) < 4.78 is 0. The van der Waals surface area contributed by atoms with E-state index in [1.54, 1.807) is 6.20 Å². The Kier molecular flexibility index (Phi) is 13.5. The maximum Gasteiger partial charge on any atom is 0.0217 e. The van der Waals surface area contributed by atoms with Gasteiger partial charge in [0.15, 0.2) is 0 Å². The predicted octanol–water partition coefficient (Wildman–Crippen LogP) is 1.79. The van der Waals surface area contributed by atoms with E-state index >= 15 is 0 Å². The molecule has 0 aliphatic heterocycles. The largest absolute Gasteiger partial charge is 0.310 e. The lowest BCUT2D eigenvalue weighted by atomic mass is 10.7. The number of hydrogen-bond donors (Lipinski definition) is 0. The van der Waals surface area contributed by atoms with Gasteiger partial charge in [0, 0.05) is 6.20 Å². The van der Waals surface area contributed by atoms with Crippen molar-refractivity contribution in [2.75, 3.05) is 20.6 Å². The summed E-state index contributed by atoms with van der Waals surface area (Å²) in [5.41, 5.74) is 0. The molecule has 2 nitrogen and oxygen atoms in total. The van der Waals surface area contributed by atoms with Crippen molar-refractivity contribution in [2.45, 2.75) is 13.8 Å². The zero-order chi connectivity index (χ0) is 8.41. The molecule has 0 aliphatic rings. The van der Waals surface area contributed by atoms with Gasteiger partial charge in [-0.15, -0.1) is 0 Å². The summed E-state index contributed by atoms with van der Waals surface area (Å²) in [6.07, 6.45) is 3.47. The molecule has 0 amide bonds. The molecule has 0 bridgehead atoms. The SMILES string of the molecule is C=N/C=C\C.CCN(C)C. The molecule has 0 heterocycles. The minimum atomic E-state index is 1.14. The van der Waals surface area contributed by atoms with Crippen molar-refractivity contribution in [1.82, 2.24) is 4.90 Å². The Labute approximate surface area is 64.3 Å². The molecular weight excluding hydrogens is 124 g/mol. The van der Waals surface area contributed by atoms with Crippen LogP contribution < -0.4 is 0 Å². The van der Waals surface area contributed by atoms with Gasteiger partial charge in [-0.25, -0.2) is 0 Å². The highest BCUT2D eigenvalue weighted by Crippen LogP contribution is 1.64. The normalized spacial score (nSPS) is 9.30. The smallest absolute Gasteiger partial charge is 0.0217 e. The zero-order valence-corrected chi connectivity index (χ0v) is 7.46. The van der Waals surface area contributed by atoms with Gasteiger partial charge in [-0.1, -0.05) is 13.0 Å². The predicted molar refractivity (Wildman–Crippen MR) is 48.6 cm³/mol. The molecule has 0 aromatic rings. The fourth-order valence-corrected chi connectivity index (χ4v) is 0.105. The second kappa shape index (κ2) is 11.2. The molecule has 0 aromatic carbocycles. The van der Waals surface area contributed by atoms with E-state index < -0.39 is 0 Å². The van der Waals surface area contributed by atoms with E-state index in [-0.39, 0.29) is 0 Å². The van der Waals surface area contributed by atoms with Gasteiger partial charge >= 0.3 is 0 Å². The molecule has 2 heteroatoms. The second-order valence-electron chi connectivity index (χ2n) is 2.06. The van der Waals surface area contributed by atoms with Crippen LogP contribution in [0.15, 0.2) is 17.3 Å². The molecule has 0 atom stereocenters. The fourth-order valence-electron chi connectivity index (χ4n) is 0.105. The van der Waals surface area contributed by atoms with Crippen LogP contribution in [0.5, 0.6) is 0 Å². The third-order valence-electron chi connectivity index (χ3n) is 0.887. The van der Waals surface area contributed by atoms with Gasteiger partial charge in [-0.05, 0) is 34.3 Å². The summed E-state index contributed by atoms with van der Waals surface area (Å²) >= 11 is 0. The number of hydrogen-bond acceptors (Lipinski definition) is 2. The van der Waals surface area contributed by atoms with Crippen LogP contribution in [0.2, 0.25) is 0 Å². The van der Waals surface area contributed by atoms with E-state index in [0.717, 1.165) is 6.54 Å². The van der Waals surface area contributed by atoms with E-state index in [1.807, 2.05) is 13.0 Å². The molecule has 0 saturated carbocycles. The van der Waals surface area contributed by atoms with E-state index in [0.29, 0.717) is 0 Å². The number of rotatable bonds is 2. The Bertz CT molecular complexity index is 85.3. The van der Waals surface area contributed by atoms with E-state index in [4.69, 9.17) is 0 Å². The van der Waals surface area contributed by atoms with E-state index in [2.05, 4.69) is 37.6 Å². The average Bonchev–Trinajstić information content (AvgIpc) is 1.91. The fraction of sp³-hybridized carbons (Fsp3) is 0.625. The van der Waals surface area contributed by atoms with Gasteiger partial charge in [0.05, 0.1) is 0 Å². The quantitative estimate of drug-likeness (QED) is 0.537. The molecule has 0 N–H and O–H groups in total. The molecule has 0 saturated heterocycles. The van der Waals surface area contributed by atoms with Crippen LogP contribution in [-0.2, 0) is 0 Å².